The summed E-state index contributed by atoms with van der Waals surface area (Å²) in [4.78, 5) is 14.7. The van der Waals surface area contributed by atoms with Crippen LogP contribution in [0.2, 0.25) is 0 Å². The Morgan fingerprint density at radius 3 is 1.60 bits per heavy atom. The summed E-state index contributed by atoms with van der Waals surface area (Å²) in [6, 6.07) is 57.4. The molecule has 50 heavy (non-hydrogen) atoms. The molecular weight excluding hydrogens is 609 g/mol. The van der Waals surface area contributed by atoms with Gasteiger partial charge < -0.3 is 5.32 Å². The van der Waals surface area contributed by atoms with Gasteiger partial charge in [-0.3, -0.25) is 0 Å². The molecule has 0 saturated carbocycles. The second kappa shape index (κ2) is 12.8. The van der Waals surface area contributed by atoms with Gasteiger partial charge in [0.25, 0.3) is 0 Å². The topological polar surface area (TPSA) is 50.7 Å². The van der Waals surface area contributed by atoms with Gasteiger partial charge in [-0.05, 0) is 44.2 Å². The number of benzene rings is 7. The third-order valence-electron chi connectivity index (χ3n) is 9.36. The van der Waals surface area contributed by atoms with Gasteiger partial charge in [0.05, 0.1) is 0 Å². The highest BCUT2D eigenvalue weighted by atomic mass is 15.0. The maximum atomic E-state index is 4.94. The Kier molecular flexibility index (Phi) is 7.52. The van der Waals surface area contributed by atoms with E-state index in [9.17, 15) is 0 Å². The van der Waals surface area contributed by atoms with Crippen LogP contribution in [0.3, 0.4) is 0 Å². The molecule has 0 atom stereocenters. The minimum Gasteiger partial charge on any atom is -0.381 e. The Morgan fingerprint density at radius 1 is 0.400 bits per heavy atom. The Labute approximate surface area is 291 Å². The number of anilines is 1. The van der Waals surface area contributed by atoms with Crippen LogP contribution in [0.5, 0.6) is 0 Å². The number of fused-ring (bicyclic) bond motifs is 2. The molecule has 8 aromatic rings. The fourth-order valence-electron chi connectivity index (χ4n) is 6.87. The maximum absolute atomic E-state index is 4.94. The summed E-state index contributed by atoms with van der Waals surface area (Å²) in [6.07, 6.45) is 4.36. The third-order valence-corrected chi connectivity index (χ3v) is 9.36. The number of rotatable bonds is 6. The van der Waals surface area contributed by atoms with E-state index in [4.69, 9.17) is 15.0 Å². The lowest BCUT2D eigenvalue weighted by molar-refractivity contribution is 1.07. The number of hydrogen-bond donors (Lipinski definition) is 1. The smallest absolute Gasteiger partial charge is 0.164 e. The van der Waals surface area contributed by atoms with Crippen molar-refractivity contribution in [3.05, 3.63) is 175 Å². The first-order chi connectivity index (χ1) is 24.8. The Balaban J connectivity index is 1.12. The highest BCUT2D eigenvalue weighted by Gasteiger charge is 2.16. The monoisotopic (exact) mass is 640 g/mol. The summed E-state index contributed by atoms with van der Waals surface area (Å²) in [5.74, 6) is 1.95. The molecule has 9 rings (SSSR count). The summed E-state index contributed by atoms with van der Waals surface area (Å²) in [6.45, 7) is 0.843. The predicted molar refractivity (Wildman–Crippen MR) is 207 cm³/mol. The zero-order chi connectivity index (χ0) is 33.3. The molecule has 1 aromatic heterocycles. The van der Waals surface area contributed by atoms with Crippen LogP contribution < -0.4 is 5.32 Å². The molecule has 0 bridgehead atoms. The fraction of sp³-hybridized carbons (Fsp3) is 0.0217. The molecule has 1 aliphatic rings. The van der Waals surface area contributed by atoms with E-state index in [1.165, 1.54) is 49.8 Å². The average molecular weight is 641 g/mol. The lowest BCUT2D eigenvalue weighted by Gasteiger charge is -2.18. The minimum absolute atomic E-state index is 0.645. The van der Waals surface area contributed by atoms with Crippen molar-refractivity contribution in [2.45, 2.75) is 0 Å². The first kappa shape index (κ1) is 29.5. The van der Waals surface area contributed by atoms with Crippen molar-refractivity contribution in [2.24, 2.45) is 0 Å². The number of nitrogens with one attached hydrogen (secondary N) is 1. The molecule has 4 nitrogen and oxygen atoms in total. The second-order valence-electron chi connectivity index (χ2n) is 12.5. The Hall–Kier alpha value is -6.65. The van der Waals surface area contributed by atoms with Crippen molar-refractivity contribution in [1.29, 1.82) is 0 Å². The molecule has 0 radical (unpaired) electrons. The molecule has 236 valence electrons. The summed E-state index contributed by atoms with van der Waals surface area (Å²) in [7, 11) is 0. The van der Waals surface area contributed by atoms with Crippen LogP contribution in [0.25, 0.3) is 84.4 Å². The van der Waals surface area contributed by atoms with Crippen molar-refractivity contribution >= 4 is 22.5 Å². The number of hydrogen-bond acceptors (Lipinski definition) is 4. The van der Waals surface area contributed by atoms with Crippen LogP contribution in [0.15, 0.2) is 170 Å². The molecule has 7 aromatic carbocycles. The first-order valence-electron chi connectivity index (χ1n) is 16.9. The second-order valence-corrected chi connectivity index (χ2v) is 12.5. The van der Waals surface area contributed by atoms with E-state index in [0.29, 0.717) is 17.5 Å². The van der Waals surface area contributed by atoms with E-state index in [-0.39, 0.29) is 0 Å². The van der Waals surface area contributed by atoms with Crippen molar-refractivity contribution in [1.82, 2.24) is 15.0 Å². The average Bonchev–Trinajstić information content (AvgIpc) is 3.21. The quantitative estimate of drug-likeness (QED) is 0.196. The van der Waals surface area contributed by atoms with Crippen LogP contribution in [0, 0.1) is 0 Å². The summed E-state index contributed by atoms with van der Waals surface area (Å²) < 4.78 is 0. The van der Waals surface area contributed by atoms with Gasteiger partial charge in [0.15, 0.2) is 17.5 Å². The van der Waals surface area contributed by atoms with E-state index in [0.717, 1.165) is 28.8 Å². The van der Waals surface area contributed by atoms with Gasteiger partial charge in [0.2, 0.25) is 0 Å². The van der Waals surface area contributed by atoms with Gasteiger partial charge in [-0.25, -0.2) is 15.0 Å². The van der Waals surface area contributed by atoms with Crippen molar-refractivity contribution in [2.75, 3.05) is 11.9 Å². The van der Waals surface area contributed by atoms with Crippen LogP contribution in [-0.2, 0) is 0 Å². The largest absolute Gasteiger partial charge is 0.381 e. The molecule has 4 heteroatoms. The molecule has 0 aliphatic carbocycles. The highest BCUT2D eigenvalue weighted by Crippen LogP contribution is 2.40. The first-order valence-corrected chi connectivity index (χ1v) is 16.9. The highest BCUT2D eigenvalue weighted by molar-refractivity contribution is 6.04. The molecule has 1 aliphatic heterocycles. The Bertz CT molecular complexity index is 2450. The minimum atomic E-state index is 0.645. The van der Waals surface area contributed by atoms with E-state index >= 15 is 0 Å². The summed E-state index contributed by atoms with van der Waals surface area (Å²) >= 11 is 0. The fourth-order valence-corrected chi connectivity index (χ4v) is 6.87. The molecule has 0 unspecified atom stereocenters. The molecular formula is C46H32N4. The zero-order valence-electron chi connectivity index (χ0n) is 27.3. The van der Waals surface area contributed by atoms with E-state index in [2.05, 4.69) is 121 Å². The van der Waals surface area contributed by atoms with Gasteiger partial charge in [0.1, 0.15) is 0 Å². The SMILES string of the molecule is C1=Cc2cccc(-c3ccc(-c4c(-c5ccc(-c6nc(-c7ccccc7)nc(-c7ccccc7)n6)cc5)ccc5ccccc45)cc3)c2NC1. The van der Waals surface area contributed by atoms with Gasteiger partial charge in [-0.1, -0.05) is 176 Å². The van der Waals surface area contributed by atoms with Crippen molar-refractivity contribution < 1.29 is 0 Å². The van der Waals surface area contributed by atoms with E-state index in [1.807, 2.05) is 60.7 Å². The van der Waals surface area contributed by atoms with Gasteiger partial charge in [-0.15, -0.1) is 0 Å². The van der Waals surface area contributed by atoms with Gasteiger partial charge in [0, 0.05) is 34.5 Å². The molecule has 1 N–H and O–H groups in total. The zero-order valence-corrected chi connectivity index (χ0v) is 27.3. The van der Waals surface area contributed by atoms with E-state index < -0.39 is 0 Å². The normalized spacial score (nSPS) is 12.0. The van der Waals surface area contributed by atoms with Crippen LogP contribution in [0.1, 0.15) is 5.56 Å². The standard InChI is InChI=1S/C46H32N4/c1-3-12-36(13-4-1)44-48-45(37-14-5-2-6-15-37)50-46(49-44)38-26-22-32(23-27-38)40-29-28-31-11-7-8-18-39(31)42(40)34-24-20-33(21-25-34)41-19-9-16-35-17-10-30-47-43(35)41/h1-29,47H,30H2. The molecule has 0 amide bonds. The number of para-hydroxylation sites is 1. The molecule has 0 fully saturated rings. The third kappa shape index (κ3) is 5.53. The van der Waals surface area contributed by atoms with Crippen LogP contribution in [-0.4, -0.2) is 21.5 Å². The van der Waals surface area contributed by atoms with Crippen molar-refractivity contribution in [3.63, 3.8) is 0 Å². The Morgan fingerprint density at radius 2 is 0.940 bits per heavy atom. The molecule has 0 saturated heterocycles. The van der Waals surface area contributed by atoms with Gasteiger partial charge >= 0.3 is 0 Å². The van der Waals surface area contributed by atoms with Crippen LogP contribution >= 0.6 is 0 Å². The van der Waals surface area contributed by atoms with E-state index in [1.54, 1.807) is 0 Å². The predicted octanol–water partition coefficient (Wildman–Crippen LogP) is 11.5. The van der Waals surface area contributed by atoms with Crippen molar-refractivity contribution in [3.8, 4) is 67.5 Å². The molecule has 0 spiro atoms. The number of aromatic nitrogens is 3. The number of nitrogens with zero attached hydrogens (tertiary/aromatic N) is 3. The summed E-state index contributed by atoms with van der Waals surface area (Å²) in [5, 5.41) is 6.01. The maximum Gasteiger partial charge on any atom is 0.164 e. The van der Waals surface area contributed by atoms with Crippen LogP contribution in [0.4, 0.5) is 5.69 Å². The molecule has 2 heterocycles. The van der Waals surface area contributed by atoms with Gasteiger partial charge in [-0.2, -0.15) is 0 Å². The summed E-state index contributed by atoms with van der Waals surface area (Å²) in [5.41, 5.74) is 12.4. The lowest BCUT2D eigenvalue weighted by atomic mass is 9.88. The lowest BCUT2D eigenvalue weighted by Crippen LogP contribution is -2.05.